The average Bonchev–Trinajstić information content (AvgIpc) is 3.15. The van der Waals surface area contributed by atoms with E-state index in [1.807, 2.05) is 30.3 Å². The second kappa shape index (κ2) is 9.01. The van der Waals surface area contributed by atoms with Crippen LogP contribution in [0.2, 0.25) is 5.02 Å². The van der Waals surface area contributed by atoms with Gasteiger partial charge in [-0.25, -0.2) is 0 Å². The number of halogens is 1. The molecule has 3 rings (SSSR count). The van der Waals surface area contributed by atoms with Crippen LogP contribution in [-0.4, -0.2) is 31.9 Å². The summed E-state index contributed by atoms with van der Waals surface area (Å²) in [5.74, 6) is 0.496. The van der Waals surface area contributed by atoms with Crippen molar-refractivity contribution in [1.29, 1.82) is 0 Å². The van der Waals surface area contributed by atoms with Crippen LogP contribution in [0.15, 0.2) is 53.7 Å². The van der Waals surface area contributed by atoms with Gasteiger partial charge in [0.15, 0.2) is 0 Å². The Bertz CT molecular complexity index is 912. The molecule has 27 heavy (non-hydrogen) atoms. The average molecular weight is 402 g/mol. The summed E-state index contributed by atoms with van der Waals surface area (Å²) in [5, 5.41) is 15.9. The Balaban J connectivity index is 1.66. The molecule has 0 unspecified atom stereocenters. The van der Waals surface area contributed by atoms with E-state index in [9.17, 15) is 4.79 Å². The summed E-state index contributed by atoms with van der Waals surface area (Å²) in [7, 11) is 0. The number of carbonyl (C=O) groups excluding carboxylic acids is 1. The third-order valence-corrected chi connectivity index (χ3v) is 5.39. The minimum Gasteiger partial charge on any atom is -0.325 e. The number of rotatable bonds is 7. The van der Waals surface area contributed by atoms with Crippen molar-refractivity contribution in [1.82, 2.24) is 20.2 Å². The molecular weight excluding hydrogens is 382 g/mol. The van der Waals surface area contributed by atoms with Gasteiger partial charge >= 0.3 is 0 Å². The number of amides is 1. The highest BCUT2D eigenvalue weighted by Crippen LogP contribution is 2.27. The van der Waals surface area contributed by atoms with Crippen LogP contribution in [0.25, 0.3) is 5.69 Å². The summed E-state index contributed by atoms with van der Waals surface area (Å²) in [5.41, 5.74) is 2.79. The van der Waals surface area contributed by atoms with Gasteiger partial charge in [0, 0.05) is 10.7 Å². The molecule has 0 spiro atoms. The van der Waals surface area contributed by atoms with E-state index in [-0.39, 0.29) is 11.7 Å². The van der Waals surface area contributed by atoms with Gasteiger partial charge < -0.3 is 5.32 Å². The van der Waals surface area contributed by atoms with Crippen LogP contribution in [-0.2, 0) is 4.79 Å². The largest absolute Gasteiger partial charge is 0.325 e. The number of tetrazole rings is 1. The zero-order chi connectivity index (χ0) is 19.2. The van der Waals surface area contributed by atoms with Gasteiger partial charge in [0.2, 0.25) is 11.1 Å². The number of thioether (sulfide) groups is 1. The van der Waals surface area contributed by atoms with Crippen LogP contribution in [0.1, 0.15) is 31.7 Å². The number of nitrogens with one attached hydrogen (secondary N) is 1. The predicted octanol–water partition coefficient (Wildman–Crippen LogP) is 4.56. The Labute approximate surface area is 167 Å². The Hall–Kier alpha value is -2.38. The maximum absolute atomic E-state index is 12.4. The number of hydrogen-bond acceptors (Lipinski definition) is 5. The lowest BCUT2D eigenvalue weighted by atomic mass is 9.97. The van der Waals surface area contributed by atoms with Crippen molar-refractivity contribution >= 4 is 35.0 Å². The molecule has 0 aliphatic heterocycles. The lowest BCUT2D eigenvalue weighted by Gasteiger charge is -2.15. The molecule has 3 aromatic rings. The number of para-hydroxylation sites is 1. The summed E-state index contributed by atoms with van der Waals surface area (Å²) in [4.78, 5) is 12.4. The molecule has 2 aromatic carbocycles. The molecule has 0 radical (unpaired) electrons. The molecular formula is C19H20ClN5OS. The first kappa shape index (κ1) is 19.4. The van der Waals surface area contributed by atoms with Crippen molar-refractivity contribution in [2.24, 2.45) is 0 Å². The van der Waals surface area contributed by atoms with Crippen LogP contribution >= 0.6 is 23.4 Å². The maximum Gasteiger partial charge on any atom is 0.234 e. The van der Waals surface area contributed by atoms with Crippen LogP contribution in [0.5, 0.6) is 0 Å². The fourth-order valence-electron chi connectivity index (χ4n) is 2.59. The highest BCUT2D eigenvalue weighted by molar-refractivity contribution is 7.99. The van der Waals surface area contributed by atoms with Gasteiger partial charge in [-0.05, 0) is 58.7 Å². The van der Waals surface area contributed by atoms with E-state index >= 15 is 0 Å². The molecule has 8 heteroatoms. The summed E-state index contributed by atoms with van der Waals surface area (Å²) in [6.45, 7) is 4.29. The zero-order valence-electron chi connectivity index (χ0n) is 15.1. The van der Waals surface area contributed by atoms with Crippen molar-refractivity contribution in [3.8, 4) is 5.69 Å². The molecule has 140 valence electrons. The molecule has 1 heterocycles. The van der Waals surface area contributed by atoms with E-state index in [0.29, 0.717) is 16.1 Å². The summed E-state index contributed by atoms with van der Waals surface area (Å²) < 4.78 is 1.58. The Morgan fingerprint density at radius 3 is 2.70 bits per heavy atom. The monoisotopic (exact) mass is 401 g/mol. The number of hydrogen-bond donors (Lipinski definition) is 1. The third kappa shape index (κ3) is 4.87. The summed E-state index contributed by atoms with van der Waals surface area (Å²) >= 11 is 7.20. The van der Waals surface area contributed by atoms with E-state index in [0.717, 1.165) is 23.4 Å². The topological polar surface area (TPSA) is 72.7 Å². The third-order valence-electron chi connectivity index (χ3n) is 4.22. The summed E-state index contributed by atoms with van der Waals surface area (Å²) in [6, 6.07) is 15.1. The Morgan fingerprint density at radius 2 is 1.96 bits per heavy atom. The lowest BCUT2D eigenvalue weighted by Crippen LogP contribution is -2.16. The minimum absolute atomic E-state index is 0.0959. The molecule has 0 aliphatic rings. The van der Waals surface area contributed by atoms with E-state index < -0.39 is 0 Å². The Kier molecular flexibility index (Phi) is 6.47. The van der Waals surface area contributed by atoms with Gasteiger partial charge in [0.05, 0.1) is 11.4 Å². The molecule has 1 atom stereocenters. The van der Waals surface area contributed by atoms with Crippen LogP contribution in [0.4, 0.5) is 5.69 Å². The number of benzene rings is 2. The second-order valence-electron chi connectivity index (χ2n) is 6.08. The molecule has 0 saturated heterocycles. The number of anilines is 1. The highest BCUT2D eigenvalue weighted by atomic mass is 35.5. The molecule has 1 amide bonds. The maximum atomic E-state index is 12.4. The highest BCUT2D eigenvalue weighted by Gasteiger charge is 2.14. The van der Waals surface area contributed by atoms with E-state index in [4.69, 9.17) is 11.6 Å². The number of carbonyl (C=O) groups is 1. The lowest BCUT2D eigenvalue weighted by molar-refractivity contribution is -0.113. The first-order valence-corrected chi connectivity index (χ1v) is 10.0. The fourth-order valence-corrected chi connectivity index (χ4v) is 3.41. The SMILES string of the molecule is CC[C@H](C)c1ccccc1NC(=O)CSc1nnnn1-c1ccc(Cl)cc1. The standard InChI is InChI=1S/C19H20ClN5OS/c1-3-13(2)16-6-4-5-7-17(16)21-18(26)12-27-19-22-23-24-25(19)15-10-8-14(20)9-11-15/h4-11,13H,3,12H2,1-2H3,(H,21,26)/t13-/m0/s1. The van der Waals surface area contributed by atoms with Crippen LogP contribution in [0.3, 0.4) is 0 Å². The van der Waals surface area contributed by atoms with Crippen molar-refractivity contribution in [2.75, 3.05) is 11.1 Å². The van der Waals surface area contributed by atoms with Gasteiger partial charge in [-0.3, -0.25) is 4.79 Å². The van der Waals surface area contributed by atoms with Gasteiger partial charge in [-0.1, -0.05) is 55.4 Å². The van der Waals surface area contributed by atoms with Crippen LogP contribution in [0, 0.1) is 0 Å². The van der Waals surface area contributed by atoms with E-state index in [2.05, 4.69) is 40.8 Å². The Morgan fingerprint density at radius 1 is 1.22 bits per heavy atom. The van der Waals surface area contributed by atoms with Crippen molar-refractivity contribution < 1.29 is 4.79 Å². The van der Waals surface area contributed by atoms with Gasteiger partial charge in [0.25, 0.3) is 0 Å². The van der Waals surface area contributed by atoms with E-state index in [1.54, 1.807) is 16.8 Å². The van der Waals surface area contributed by atoms with Crippen molar-refractivity contribution in [3.05, 3.63) is 59.1 Å². The molecule has 0 saturated carbocycles. The van der Waals surface area contributed by atoms with Crippen molar-refractivity contribution in [2.45, 2.75) is 31.3 Å². The molecule has 0 aliphatic carbocycles. The number of nitrogens with zero attached hydrogens (tertiary/aromatic N) is 4. The smallest absolute Gasteiger partial charge is 0.234 e. The molecule has 1 aromatic heterocycles. The van der Waals surface area contributed by atoms with Crippen molar-refractivity contribution in [3.63, 3.8) is 0 Å². The molecule has 1 N–H and O–H groups in total. The van der Waals surface area contributed by atoms with Crippen LogP contribution < -0.4 is 5.32 Å². The zero-order valence-corrected chi connectivity index (χ0v) is 16.7. The van der Waals surface area contributed by atoms with Gasteiger partial charge in [-0.15, -0.1) is 5.10 Å². The predicted molar refractivity (Wildman–Crippen MR) is 109 cm³/mol. The molecule has 6 nitrogen and oxygen atoms in total. The molecule has 0 bridgehead atoms. The normalized spacial score (nSPS) is 12.0. The molecule has 0 fully saturated rings. The number of aromatic nitrogens is 4. The summed E-state index contributed by atoms with van der Waals surface area (Å²) in [6.07, 6.45) is 1.01. The van der Waals surface area contributed by atoms with Gasteiger partial charge in [-0.2, -0.15) is 4.68 Å². The first-order valence-electron chi connectivity index (χ1n) is 8.64. The minimum atomic E-state index is -0.0959. The second-order valence-corrected chi connectivity index (χ2v) is 7.46. The first-order chi connectivity index (χ1) is 13.1. The van der Waals surface area contributed by atoms with Gasteiger partial charge in [0.1, 0.15) is 0 Å². The quantitative estimate of drug-likeness (QED) is 0.587. The fraction of sp³-hybridized carbons (Fsp3) is 0.263. The van der Waals surface area contributed by atoms with E-state index in [1.165, 1.54) is 11.8 Å².